The molecular formula is C16H20N2O3. The van der Waals surface area contributed by atoms with Crippen LogP contribution in [-0.4, -0.2) is 34.3 Å². The van der Waals surface area contributed by atoms with E-state index in [0.717, 1.165) is 18.7 Å². The van der Waals surface area contributed by atoms with Gasteiger partial charge in [0, 0.05) is 42.2 Å². The first kappa shape index (κ1) is 12.9. The molecule has 2 atom stereocenters. The van der Waals surface area contributed by atoms with Crippen LogP contribution in [0.4, 0.5) is 4.79 Å². The van der Waals surface area contributed by atoms with Crippen LogP contribution in [-0.2, 0) is 16.7 Å². The molecule has 0 spiro atoms. The van der Waals surface area contributed by atoms with E-state index in [0.29, 0.717) is 13.1 Å². The first-order valence-corrected chi connectivity index (χ1v) is 7.45. The number of nitrogens with zero attached hydrogens (tertiary/aromatic N) is 2. The Bertz CT molecular complexity index is 702. The van der Waals surface area contributed by atoms with Crippen LogP contribution < -0.4 is 5.56 Å². The number of hydrogen-bond donors (Lipinski definition) is 0. The summed E-state index contributed by atoms with van der Waals surface area (Å²) in [6, 6.07) is 5.48. The Morgan fingerprint density at radius 1 is 1.24 bits per heavy atom. The Balaban J connectivity index is 1.62. The maximum absolute atomic E-state index is 12.3. The lowest BCUT2D eigenvalue weighted by Crippen LogP contribution is -2.40. The highest BCUT2D eigenvalue weighted by Crippen LogP contribution is 2.72. The summed E-state index contributed by atoms with van der Waals surface area (Å²) in [5, 5.41) is 0. The van der Waals surface area contributed by atoms with E-state index >= 15 is 0 Å². The molecule has 5 heteroatoms. The van der Waals surface area contributed by atoms with E-state index in [9.17, 15) is 9.59 Å². The number of fused-ring (bicyclic) bond motifs is 1. The van der Waals surface area contributed by atoms with Gasteiger partial charge < -0.3 is 14.2 Å². The monoisotopic (exact) mass is 288 g/mol. The summed E-state index contributed by atoms with van der Waals surface area (Å²) in [4.78, 5) is 26.0. The molecule has 0 radical (unpaired) electrons. The molecule has 112 valence electrons. The summed E-state index contributed by atoms with van der Waals surface area (Å²) in [6.45, 7) is 7.76. The van der Waals surface area contributed by atoms with Crippen LogP contribution in [0.5, 0.6) is 0 Å². The second-order valence-corrected chi connectivity index (χ2v) is 7.71. The first-order chi connectivity index (χ1) is 9.76. The number of likely N-dealkylation sites (tertiary alicyclic amines) is 1. The maximum Gasteiger partial charge on any atom is 0.410 e. The van der Waals surface area contributed by atoms with Gasteiger partial charge >= 0.3 is 6.09 Å². The highest BCUT2D eigenvalue weighted by molar-refractivity contribution is 5.70. The predicted octanol–water partition coefficient (Wildman–Crippen LogP) is 1.74. The molecule has 2 aliphatic heterocycles. The molecule has 0 aromatic carbocycles. The Morgan fingerprint density at radius 2 is 2.00 bits per heavy atom. The summed E-state index contributed by atoms with van der Waals surface area (Å²) in [7, 11) is 0. The zero-order valence-electron chi connectivity index (χ0n) is 12.7. The number of amides is 1. The van der Waals surface area contributed by atoms with E-state index < -0.39 is 5.60 Å². The van der Waals surface area contributed by atoms with Crippen LogP contribution in [0.2, 0.25) is 0 Å². The fourth-order valence-electron chi connectivity index (χ4n) is 4.27. The van der Waals surface area contributed by atoms with Crippen molar-refractivity contribution in [1.29, 1.82) is 0 Å². The van der Waals surface area contributed by atoms with Crippen molar-refractivity contribution in [3.05, 3.63) is 34.2 Å². The van der Waals surface area contributed by atoms with Crippen molar-refractivity contribution in [2.24, 2.45) is 5.41 Å². The van der Waals surface area contributed by atoms with E-state index in [-0.39, 0.29) is 22.5 Å². The van der Waals surface area contributed by atoms with Gasteiger partial charge in [0.2, 0.25) is 0 Å². The summed E-state index contributed by atoms with van der Waals surface area (Å²) < 4.78 is 7.36. The minimum absolute atomic E-state index is 0.00960. The minimum Gasteiger partial charge on any atom is -0.444 e. The molecule has 2 fully saturated rings. The van der Waals surface area contributed by atoms with Crippen molar-refractivity contribution >= 4 is 6.09 Å². The SMILES string of the molecule is CC(C)(C)OC(=O)N1CC23Cn4c(cccc4=O)C2(C1)C3. The molecule has 1 saturated heterocycles. The van der Waals surface area contributed by atoms with Gasteiger partial charge in [-0.15, -0.1) is 0 Å². The Morgan fingerprint density at radius 3 is 2.71 bits per heavy atom. The van der Waals surface area contributed by atoms with Gasteiger partial charge in [-0.25, -0.2) is 4.79 Å². The third-order valence-electron chi connectivity index (χ3n) is 5.14. The molecule has 3 heterocycles. The molecule has 4 rings (SSSR count). The number of hydrogen-bond acceptors (Lipinski definition) is 3. The predicted molar refractivity (Wildman–Crippen MR) is 77.2 cm³/mol. The number of carbonyl (C=O) groups excluding carboxylic acids is 1. The van der Waals surface area contributed by atoms with Crippen LogP contribution in [0.3, 0.4) is 0 Å². The number of ether oxygens (including phenoxy) is 1. The highest BCUT2D eigenvalue weighted by Gasteiger charge is 2.77. The molecule has 0 N–H and O–H groups in total. The maximum atomic E-state index is 12.3. The fourth-order valence-corrected chi connectivity index (χ4v) is 4.27. The summed E-state index contributed by atoms with van der Waals surface area (Å²) in [5.74, 6) is 0. The Kier molecular flexibility index (Phi) is 2.16. The van der Waals surface area contributed by atoms with Gasteiger partial charge in [0.25, 0.3) is 5.56 Å². The Labute approximate surface area is 123 Å². The number of aromatic nitrogens is 1. The normalized spacial score (nSPS) is 32.4. The quantitative estimate of drug-likeness (QED) is 0.730. The molecule has 1 aromatic rings. The van der Waals surface area contributed by atoms with Crippen LogP contribution in [0.25, 0.3) is 0 Å². The number of piperidine rings is 1. The van der Waals surface area contributed by atoms with Crippen molar-refractivity contribution in [3.63, 3.8) is 0 Å². The lowest BCUT2D eigenvalue weighted by molar-refractivity contribution is 0.0252. The van der Waals surface area contributed by atoms with E-state index in [2.05, 4.69) is 0 Å². The summed E-state index contributed by atoms with van der Waals surface area (Å²) in [5.41, 5.74) is 0.760. The molecule has 1 aromatic heterocycles. The summed E-state index contributed by atoms with van der Waals surface area (Å²) >= 11 is 0. The van der Waals surface area contributed by atoms with Gasteiger partial charge in [-0.1, -0.05) is 6.07 Å². The third kappa shape index (κ3) is 1.57. The van der Waals surface area contributed by atoms with Gasteiger partial charge in [0.1, 0.15) is 5.60 Å². The second-order valence-electron chi connectivity index (χ2n) is 7.71. The lowest BCUT2D eigenvalue weighted by atomic mass is 9.97. The molecule has 1 saturated carbocycles. The van der Waals surface area contributed by atoms with Crippen molar-refractivity contribution in [3.8, 4) is 0 Å². The van der Waals surface area contributed by atoms with Crippen LogP contribution in [0.15, 0.2) is 23.0 Å². The largest absolute Gasteiger partial charge is 0.444 e. The van der Waals surface area contributed by atoms with E-state index in [1.54, 1.807) is 6.07 Å². The van der Waals surface area contributed by atoms with Crippen molar-refractivity contribution in [1.82, 2.24) is 9.47 Å². The highest BCUT2D eigenvalue weighted by atomic mass is 16.6. The second kappa shape index (κ2) is 3.51. The average molecular weight is 288 g/mol. The number of carbonyl (C=O) groups is 1. The van der Waals surface area contributed by atoms with Crippen LogP contribution in [0.1, 0.15) is 32.9 Å². The topological polar surface area (TPSA) is 51.5 Å². The zero-order valence-corrected chi connectivity index (χ0v) is 12.7. The molecule has 3 aliphatic rings. The fraction of sp³-hybridized carbons (Fsp3) is 0.625. The van der Waals surface area contributed by atoms with Gasteiger partial charge in [-0.05, 0) is 33.3 Å². The molecule has 1 amide bonds. The smallest absolute Gasteiger partial charge is 0.410 e. The van der Waals surface area contributed by atoms with Gasteiger partial charge in [-0.3, -0.25) is 4.79 Å². The van der Waals surface area contributed by atoms with Crippen molar-refractivity contribution < 1.29 is 9.53 Å². The third-order valence-corrected chi connectivity index (χ3v) is 5.14. The standard InChI is InChI=1S/C16H20N2O3/c1-14(2,3)21-13(20)17-8-15-7-16(15,10-17)11-5-4-6-12(19)18(11)9-15/h4-6H,7-10H2,1-3H3. The van der Waals surface area contributed by atoms with Crippen LogP contribution >= 0.6 is 0 Å². The molecule has 21 heavy (non-hydrogen) atoms. The molecule has 0 bridgehead atoms. The van der Waals surface area contributed by atoms with Gasteiger partial charge in [-0.2, -0.15) is 0 Å². The van der Waals surface area contributed by atoms with Gasteiger partial charge in [0.05, 0.1) is 0 Å². The van der Waals surface area contributed by atoms with E-state index in [4.69, 9.17) is 4.74 Å². The molecule has 5 nitrogen and oxygen atoms in total. The zero-order chi connectivity index (χ0) is 15.0. The van der Waals surface area contributed by atoms with Crippen molar-refractivity contribution in [2.45, 2.75) is 44.8 Å². The summed E-state index contributed by atoms with van der Waals surface area (Å²) in [6.07, 6.45) is 0.850. The van der Waals surface area contributed by atoms with Crippen molar-refractivity contribution in [2.75, 3.05) is 13.1 Å². The van der Waals surface area contributed by atoms with Gasteiger partial charge in [0.15, 0.2) is 0 Å². The average Bonchev–Trinajstić information content (AvgIpc) is 2.75. The van der Waals surface area contributed by atoms with Crippen LogP contribution in [0, 0.1) is 5.41 Å². The number of rotatable bonds is 0. The molecule has 1 aliphatic carbocycles. The number of pyridine rings is 1. The first-order valence-electron chi connectivity index (χ1n) is 7.45. The minimum atomic E-state index is -0.469. The Hall–Kier alpha value is -1.78. The van der Waals surface area contributed by atoms with E-state index in [1.165, 1.54) is 0 Å². The molecular weight excluding hydrogens is 268 g/mol. The van der Waals surface area contributed by atoms with E-state index in [1.807, 2.05) is 42.4 Å². The molecule has 2 unspecified atom stereocenters. The lowest BCUT2D eigenvalue weighted by Gasteiger charge is -2.28.